The molecule has 1 N–H and O–H groups in total. The Balaban J connectivity index is 1.48. The molecule has 8 heteroatoms. The van der Waals surface area contributed by atoms with E-state index in [0.29, 0.717) is 36.9 Å². The number of anilines is 2. The van der Waals surface area contributed by atoms with Gasteiger partial charge < -0.3 is 10.2 Å². The van der Waals surface area contributed by atoms with Crippen LogP contribution in [0.2, 0.25) is 0 Å². The molecular weight excluding hydrogens is 386 g/mol. The van der Waals surface area contributed by atoms with Gasteiger partial charge in [-0.15, -0.1) is 0 Å². The summed E-state index contributed by atoms with van der Waals surface area (Å²) in [6, 6.07) is 7.61. The molecule has 0 amide bonds. The van der Waals surface area contributed by atoms with E-state index in [9.17, 15) is 8.42 Å². The van der Waals surface area contributed by atoms with Crippen molar-refractivity contribution in [2.45, 2.75) is 44.4 Å². The van der Waals surface area contributed by atoms with Gasteiger partial charge in [0.05, 0.1) is 4.90 Å². The Morgan fingerprint density at radius 3 is 2.45 bits per heavy atom. The zero-order chi connectivity index (χ0) is 20.4. The predicted octanol–water partition coefficient (Wildman–Crippen LogP) is 2.61. The summed E-state index contributed by atoms with van der Waals surface area (Å²) in [7, 11) is -3.46. The maximum Gasteiger partial charge on any atom is 0.243 e. The average molecular weight is 416 g/mol. The highest BCUT2D eigenvalue weighted by Gasteiger charge is 2.29. The largest absolute Gasteiger partial charge is 0.370 e. The smallest absolute Gasteiger partial charge is 0.243 e. The Morgan fingerprint density at radius 1 is 1.00 bits per heavy atom. The second-order valence-electron chi connectivity index (χ2n) is 7.72. The van der Waals surface area contributed by atoms with Crippen molar-refractivity contribution < 1.29 is 8.42 Å². The molecule has 0 unspecified atom stereocenters. The molecule has 2 aromatic rings. The second kappa shape index (κ2) is 8.28. The minimum absolute atomic E-state index is 0.430. The topological polar surface area (TPSA) is 78.4 Å². The molecule has 0 radical (unpaired) electrons. The van der Waals surface area contributed by atoms with E-state index in [4.69, 9.17) is 0 Å². The molecule has 1 aliphatic heterocycles. The van der Waals surface area contributed by atoms with Gasteiger partial charge in [0.25, 0.3) is 0 Å². The van der Waals surface area contributed by atoms with Crippen LogP contribution in [0.4, 0.5) is 11.6 Å². The monoisotopic (exact) mass is 415 g/mol. The summed E-state index contributed by atoms with van der Waals surface area (Å²) in [5.74, 6) is 2.36. The zero-order valence-corrected chi connectivity index (χ0v) is 18.0. The van der Waals surface area contributed by atoms with Crippen molar-refractivity contribution in [1.82, 2.24) is 14.3 Å². The molecule has 2 heterocycles. The number of aryl methyl sites for hydroxylation is 3. The zero-order valence-electron chi connectivity index (χ0n) is 17.2. The lowest BCUT2D eigenvalue weighted by Crippen LogP contribution is -2.49. The van der Waals surface area contributed by atoms with Crippen LogP contribution in [0, 0.1) is 6.92 Å². The van der Waals surface area contributed by atoms with E-state index in [2.05, 4.69) is 20.2 Å². The maximum absolute atomic E-state index is 13.2. The molecule has 7 nitrogen and oxygen atoms in total. The van der Waals surface area contributed by atoms with Crippen molar-refractivity contribution in [2.24, 2.45) is 0 Å². The van der Waals surface area contributed by atoms with Gasteiger partial charge in [-0.2, -0.15) is 4.31 Å². The Bertz CT molecular complexity index is 985. The molecule has 4 rings (SSSR count). The number of hydrogen-bond acceptors (Lipinski definition) is 6. The van der Waals surface area contributed by atoms with Crippen molar-refractivity contribution >= 4 is 21.7 Å². The first kappa shape index (κ1) is 20.1. The van der Waals surface area contributed by atoms with Crippen LogP contribution in [0.3, 0.4) is 0 Å². The molecule has 1 saturated heterocycles. The minimum atomic E-state index is -3.46. The number of benzene rings is 1. The number of nitrogens with one attached hydrogen (secondary N) is 1. The van der Waals surface area contributed by atoms with Crippen molar-refractivity contribution in [3.8, 4) is 0 Å². The van der Waals surface area contributed by atoms with Gasteiger partial charge in [-0.25, -0.2) is 18.4 Å². The van der Waals surface area contributed by atoms with Crippen molar-refractivity contribution in [1.29, 1.82) is 0 Å². The van der Waals surface area contributed by atoms with E-state index >= 15 is 0 Å². The number of sulfonamides is 1. The Hall–Kier alpha value is -2.19. The molecule has 156 valence electrons. The minimum Gasteiger partial charge on any atom is -0.370 e. The Morgan fingerprint density at radius 2 is 1.72 bits per heavy atom. The molecule has 1 fully saturated rings. The molecule has 1 aromatic carbocycles. The maximum atomic E-state index is 13.2. The van der Waals surface area contributed by atoms with Crippen LogP contribution >= 0.6 is 0 Å². The third-order valence-corrected chi connectivity index (χ3v) is 7.60. The number of rotatable bonds is 5. The molecular formula is C21H29N5O2S. The summed E-state index contributed by atoms with van der Waals surface area (Å²) in [4.78, 5) is 11.5. The van der Waals surface area contributed by atoms with Crippen LogP contribution in [-0.2, 0) is 22.9 Å². The number of piperazine rings is 1. The van der Waals surface area contributed by atoms with Gasteiger partial charge in [0.2, 0.25) is 10.0 Å². The number of aromatic nitrogens is 2. The van der Waals surface area contributed by atoms with Gasteiger partial charge in [-0.05, 0) is 62.8 Å². The van der Waals surface area contributed by atoms with E-state index in [1.54, 1.807) is 10.4 Å². The van der Waals surface area contributed by atoms with Gasteiger partial charge >= 0.3 is 0 Å². The van der Waals surface area contributed by atoms with E-state index in [-0.39, 0.29) is 0 Å². The lowest BCUT2D eigenvalue weighted by molar-refractivity contribution is 0.383. The van der Waals surface area contributed by atoms with E-state index < -0.39 is 10.0 Å². The van der Waals surface area contributed by atoms with Gasteiger partial charge in [-0.3, -0.25) is 0 Å². The first-order chi connectivity index (χ1) is 14.0. The van der Waals surface area contributed by atoms with Gasteiger partial charge in [0.15, 0.2) is 0 Å². The van der Waals surface area contributed by atoms with E-state index in [1.165, 1.54) is 17.5 Å². The first-order valence-corrected chi connectivity index (χ1v) is 11.9. The fraction of sp³-hybridized carbons (Fsp3) is 0.524. The summed E-state index contributed by atoms with van der Waals surface area (Å²) in [5, 5.41) is 3.22. The van der Waals surface area contributed by atoms with Crippen LogP contribution in [0.15, 0.2) is 29.2 Å². The predicted molar refractivity (Wildman–Crippen MR) is 115 cm³/mol. The first-order valence-electron chi connectivity index (χ1n) is 10.4. The van der Waals surface area contributed by atoms with E-state index in [1.807, 2.05) is 32.0 Å². The van der Waals surface area contributed by atoms with Gasteiger partial charge in [0.1, 0.15) is 17.5 Å². The molecule has 1 aromatic heterocycles. The van der Waals surface area contributed by atoms with Crippen molar-refractivity contribution in [3.63, 3.8) is 0 Å². The standard InChI is InChI=1S/C21H29N5O2S/c1-3-22-20-15-21(24-16(2)23-20)25-10-12-26(13-11-25)29(27,28)19-9-8-17-6-4-5-7-18(17)14-19/h8-9,14-15H,3-7,10-13H2,1-2H3,(H,22,23,24). The third kappa shape index (κ3) is 4.23. The summed E-state index contributed by atoms with van der Waals surface area (Å²) >= 11 is 0. The van der Waals surface area contributed by atoms with Gasteiger partial charge in [0, 0.05) is 38.8 Å². The number of nitrogens with zero attached hydrogens (tertiary/aromatic N) is 4. The van der Waals surface area contributed by atoms with Crippen LogP contribution in [-0.4, -0.2) is 55.4 Å². The number of hydrogen-bond donors (Lipinski definition) is 1. The van der Waals surface area contributed by atoms with Crippen LogP contribution in [0.5, 0.6) is 0 Å². The van der Waals surface area contributed by atoms with Crippen LogP contribution in [0.1, 0.15) is 36.7 Å². The summed E-state index contributed by atoms with van der Waals surface area (Å²) in [6.45, 7) is 6.85. The van der Waals surface area contributed by atoms with Crippen LogP contribution in [0.25, 0.3) is 0 Å². The SMILES string of the molecule is CCNc1cc(N2CCN(S(=O)(=O)c3ccc4c(c3)CCCC4)CC2)nc(C)n1. The highest BCUT2D eigenvalue weighted by Crippen LogP contribution is 2.27. The highest BCUT2D eigenvalue weighted by atomic mass is 32.2. The fourth-order valence-electron chi connectivity index (χ4n) is 4.16. The van der Waals surface area contributed by atoms with Crippen LogP contribution < -0.4 is 10.2 Å². The summed E-state index contributed by atoms with van der Waals surface area (Å²) < 4.78 is 28.0. The van der Waals surface area contributed by atoms with Gasteiger partial charge in [-0.1, -0.05) is 6.07 Å². The molecule has 0 spiro atoms. The quantitative estimate of drug-likeness (QED) is 0.809. The molecule has 0 bridgehead atoms. The molecule has 1 aliphatic carbocycles. The Labute approximate surface area is 173 Å². The third-order valence-electron chi connectivity index (χ3n) is 5.70. The molecule has 2 aliphatic rings. The number of fused-ring (bicyclic) bond motifs is 1. The average Bonchev–Trinajstić information content (AvgIpc) is 2.73. The summed E-state index contributed by atoms with van der Waals surface area (Å²) in [6.07, 6.45) is 4.37. The Kier molecular flexibility index (Phi) is 5.74. The fourth-order valence-corrected chi connectivity index (χ4v) is 5.64. The lowest BCUT2D eigenvalue weighted by Gasteiger charge is -2.35. The lowest BCUT2D eigenvalue weighted by atomic mass is 9.92. The molecule has 0 atom stereocenters. The normalized spacial score (nSPS) is 17.8. The molecule has 0 saturated carbocycles. The second-order valence-corrected chi connectivity index (χ2v) is 9.66. The van der Waals surface area contributed by atoms with Crippen molar-refractivity contribution in [3.05, 3.63) is 41.2 Å². The molecule has 29 heavy (non-hydrogen) atoms. The van der Waals surface area contributed by atoms with E-state index in [0.717, 1.165) is 37.4 Å². The van der Waals surface area contributed by atoms with Crippen molar-refractivity contribution in [2.75, 3.05) is 42.9 Å². The highest BCUT2D eigenvalue weighted by molar-refractivity contribution is 7.89. The summed E-state index contributed by atoms with van der Waals surface area (Å²) in [5.41, 5.74) is 2.50.